The molecule has 1 aliphatic rings. The molecule has 2 amide bonds. The van der Waals surface area contributed by atoms with Crippen LogP contribution < -0.4 is 10.1 Å². The molecule has 0 saturated carbocycles. The Morgan fingerprint density at radius 2 is 1.78 bits per heavy atom. The van der Waals surface area contributed by atoms with Crippen molar-refractivity contribution in [3.8, 4) is 5.75 Å². The van der Waals surface area contributed by atoms with Crippen LogP contribution in [0.4, 0.5) is 4.79 Å². The lowest BCUT2D eigenvalue weighted by Gasteiger charge is -2.25. The van der Waals surface area contributed by atoms with Gasteiger partial charge in [-0.2, -0.15) is 0 Å². The molecule has 2 aromatic rings. The Hall–Kier alpha value is -2.53. The SMILES string of the molecule is COc1ccc(C2CCCN2C(=O)NCc2ccc(CN(C)C)cc2)cc1. The summed E-state index contributed by atoms with van der Waals surface area (Å²) in [5, 5.41) is 3.08. The van der Waals surface area contributed by atoms with Crippen LogP contribution in [0.15, 0.2) is 48.5 Å². The largest absolute Gasteiger partial charge is 0.497 e. The zero-order valence-corrected chi connectivity index (χ0v) is 16.4. The van der Waals surface area contributed by atoms with Crippen LogP contribution in [-0.4, -0.2) is 43.6 Å². The van der Waals surface area contributed by atoms with Crippen LogP contribution >= 0.6 is 0 Å². The number of carbonyl (C=O) groups excluding carboxylic acids is 1. The zero-order chi connectivity index (χ0) is 19.2. The van der Waals surface area contributed by atoms with E-state index in [4.69, 9.17) is 4.74 Å². The normalized spacial score (nSPS) is 16.6. The van der Waals surface area contributed by atoms with E-state index in [0.717, 1.165) is 42.8 Å². The fourth-order valence-corrected chi connectivity index (χ4v) is 3.59. The molecule has 1 N–H and O–H groups in total. The summed E-state index contributed by atoms with van der Waals surface area (Å²) in [6, 6.07) is 16.6. The predicted molar refractivity (Wildman–Crippen MR) is 108 cm³/mol. The molecule has 0 spiro atoms. The lowest BCUT2D eigenvalue weighted by atomic mass is 10.0. The minimum atomic E-state index is 0.00526. The van der Waals surface area contributed by atoms with Gasteiger partial charge in [0.2, 0.25) is 0 Å². The van der Waals surface area contributed by atoms with Crippen molar-refractivity contribution in [3.05, 3.63) is 65.2 Å². The molecular weight excluding hydrogens is 338 g/mol. The van der Waals surface area contributed by atoms with Crippen molar-refractivity contribution in [2.24, 2.45) is 0 Å². The number of nitrogens with one attached hydrogen (secondary N) is 1. The number of ether oxygens (including phenoxy) is 1. The van der Waals surface area contributed by atoms with E-state index in [-0.39, 0.29) is 12.1 Å². The number of carbonyl (C=O) groups is 1. The second-order valence-corrected chi connectivity index (χ2v) is 7.34. The first kappa shape index (κ1) is 19.2. The zero-order valence-electron chi connectivity index (χ0n) is 16.4. The Kier molecular flexibility index (Phi) is 6.35. The molecule has 2 aromatic carbocycles. The average molecular weight is 367 g/mol. The van der Waals surface area contributed by atoms with Gasteiger partial charge in [0.25, 0.3) is 0 Å². The summed E-state index contributed by atoms with van der Waals surface area (Å²) in [7, 11) is 5.78. The molecule has 1 atom stereocenters. The molecule has 0 radical (unpaired) electrons. The monoisotopic (exact) mass is 367 g/mol. The van der Waals surface area contributed by atoms with Crippen LogP contribution in [0.1, 0.15) is 35.6 Å². The Bertz CT molecular complexity index is 741. The minimum Gasteiger partial charge on any atom is -0.497 e. The lowest BCUT2D eigenvalue weighted by molar-refractivity contribution is 0.192. The molecule has 3 rings (SSSR count). The molecule has 5 heteroatoms. The number of amides is 2. The first-order valence-corrected chi connectivity index (χ1v) is 9.48. The number of rotatable bonds is 6. The van der Waals surface area contributed by atoms with Crippen LogP contribution in [0.5, 0.6) is 5.75 Å². The third kappa shape index (κ3) is 5.01. The number of nitrogens with zero attached hydrogens (tertiary/aromatic N) is 2. The molecule has 1 heterocycles. The molecule has 27 heavy (non-hydrogen) atoms. The number of methoxy groups -OCH3 is 1. The summed E-state index contributed by atoms with van der Waals surface area (Å²) >= 11 is 0. The number of hydrogen-bond acceptors (Lipinski definition) is 3. The quantitative estimate of drug-likeness (QED) is 0.845. The van der Waals surface area contributed by atoms with Crippen LogP contribution in [0.2, 0.25) is 0 Å². The Morgan fingerprint density at radius 3 is 2.41 bits per heavy atom. The molecule has 1 aliphatic heterocycles. The maximum absolute atomic E-state index is 12.7. The highest BCUT2D eigenvalue weighted by Crippen LogP contribution is 2.32. The standard InChI is InChI=1S/C22H29N3O2/c1-24(2)16-18-8-6-17(7-9-18)15-23-22(26)25-14-4-5-21(25)19-10-12-20(27-3)13-11-19/h6-13,21H,4-5,14-16H2,1-3H3,(H,23,26). The summed E-state index contributed by atoms with van der Waals surface area (Å²) in [5.41, 5.74) is 3.55. The van der Waals surface area contributed by atoms with Crippen molar-refractivity contribution in [3.63, 3.8) is 0 Å². The third-order valence-electron chi connectivity index (χ3n) is 4.98. The van der Waals surface area contributed by atoms with Gasteiger partial charge < -0.3 is 19.9 Å². The van der Waals surface area contributed by atoms with Gasteiger partial charge in [-0.25, -0.2) is 4.79 Å². The molecule has 1 unspecified atom stereocenters. The van der Waals surface area contributed by atoms with Crippen molar-refractivity contribution in [2.75, 3.05) is 27.7 Å². The molecule has 1 saturated heterocycles. The van der Waals surface area contributed by atoms with E-state index in [1.165, 1.54) is 5.56 Å². The van der Waals surface area contributed by atoms with E-state index in [9.17, 15) is 4.79 Å². The van der Waals surface area contributed by atoms with Crippen molar-refractivity contribution >= 4 is 6.03 Å². The van der Waals surface area contributed by atoms with Gasteiger partial charge in [0.05, 0.1) is 13.2 Å². The third-order valence-corrected chi connectivity index (χ3v) is 4.98. The van der Waals surface area contributed by atoms with Crippen LogP contribution in [-0.2, 0) is 13.1 Å². The number of hydrogen-bond donors (Lipinski definition) is 1. The highest BCUT2D eigenvalue weighted by molar-refractivity contribution is 5.75. The molecule has 1 fully saturated rings. The molecule has 144 valence electrons. The van der Waals surface area contributed by atoms with E-state index in [1.54, 1.807) is 7.11 Å². The lowest BCUT2D eigenvalue weighted by Crippen LogP contribution is -2.39. The Labute approximate surface area is 161 Å². The summed E-state index contributed by atoms with van der Waals surface area (Å²) < 4.78 is 5.23. The van der Waals surface area contributed by atoms with E-state index >= 15 is 0 Å². The van der Waals surface area contributed by atoms with Crippen molar-refractivity contribution in [2.45, 2.75) is 32.0 Å². The number of likely N-dealkylation sites (tertiary alicyclic amines) is 1. The van der Waals surface area contributed by atoms with Gasteiger partial charge in [-0.3, -0.25) is 0 Å². The highest BCUT2D eigenvalue weighted by atomic mass is 16.5. The van der Waals surface area contributed by atoms with Gasteiger partial charge in [-0.05, 0) is 55.8 Å². The topological polar surface area (TPSA) is 44.8 Å². The van der Waals surface area contributed by atoms with E-state index in [2.05, 4.69) is 60.7 Å². The minimum absolute atomic E-state index is 0.00526. The van der Waals surface area contributed by atoms with Gasteiger partial charge in [0.15, 0.2) is 0 Å². The van der Waals surface area contributed by atoms with E-state index < -0.39 is 0 Å². The van der Waals surface area contributed by atoms with Gasteiger partial charge in [-0.15, -0.1) is 0 Å². The summed E-state index contributed by atoms with van der Waals surface area (Å²) in [6.07, 6.45) is 2.03. The van der Waals surface area contributed by atoms with E-state index in [0.29, 0.717) is 6.54 Å². The smallest absolute Gasteiger partial charge is 0.318 e. The maximum Gasteiger partial charge on any atom is 0.318 e. The fourth-order valence-electron chi connectivity index (χ4n) is 3.59. The average Bonchev–Trinajstić information content (AvgIpc) is 3.17. The Balaban J connectivity index is 1.57. The summed E-state index contributed by atoms with van der Waals surface area (Å²) in [6.45, 7) is 2.27. The van der Waals surface area contributed by atoms with Gasteiger partial charge in [0.1, 0.15) is 5.75 Å². The van der Waals surface area contributed by atoms with Crippen LogP contribution in [0.25, 0.3) is 0 Å². The molecular formula is C22H29N3O2. The van der Waals surface area contributed by atoms with Crippen LogP contribution in [0, 0.1) is 0 Å². The van der Waals surface area contributed by atoms with Gasteiger partial charge in [-0.1, -0.05) is 36.4 Å². The first-order valence-electron chi connectivity index (χ1n) is 9.48. The first-order chi connectivity index (χ1) is 13.1. The molecule has 0 aliphatic carbocycles. The molecule has 0 bridgehead atoms. The molecule has 5 nitrogen and oxygen atoms in total. The van der Waals surface area contributed by atoms with Crippen molar-refractivity contribution in [1.29, 1.82) is 0 Å². The number of benzene rings is 2. The Morgan fingerprint density at radius 1 is 1.11 bits per heavy atom. The second-order valence-electron chi connectivity index (χ2n) is 7.34. The summed E-state index contributed by atoms with van der Waals surface area (Å²) in [4.78, 5) is 16.8. The van der Waals surface area contributed by atoms with Gasteiger partial charge in [0, 0.05) is 19.6 Å². The van der Waals surface area contributed by atoms with E-state index in [1.807, 2.05) is 17.0 Å². The van der Waals surface area contributed by atoms with Gasteiger partial charge >= 0.3 is 6.03 Å². The van der Waals surface area contributed by atoms with Crippen LogP contribution in [0.3, 0.4) is 0 Å². The molecule has 0 aromatic heterocycles. The van der Waals surface area contributed by atoms with Crippen molar-refractivity contribution < 1.29 is 9.53 Å². The maximum atomic E-state index is 12.7. The fraction of sp³-hybridized carbons (Fsp3) is 0.409. The second kappa shape index (κ2) is 8.91. The van der Waals surface area contributed by atoms with Crippen molar-refractivity contribution in [1.82, 2.24) is 15.1 Å². The number of urea groups is 1. The summed E-state index contributed by atoms with van der Waals surface area (Å²) in [5.74, 6) is 0.838. The highest BCUT2D eigenvalue weighted by Gasteiger charge is 2.29. The predicted octanol–water partition coefficient (Wildman–Crippen LogP) is 3.80.